The number of carbonyl (C=O) groups is 1. The van der Waals surface area contributed by atoms with Crippen LogP contribution in [0, 0.1) is 0 Å². The predicted octanol–water partition coefficient (Wildman–Crippen LogP) is 3.15. The highest BCUT2D eigenvalue weighted by Gasteiger charge is 2.16. The molecule has 1 heterocycles. The minimum Gasteiger partial charge on any atom is -0.370 e. The van der Waals surface area contributed by atoms with Crippen LogP contribution >= 0.6 is 0 Å². The Labute approximate surface area is 160 Å². The van der Waals surface area contributed by atoms with Gasteiger partial charge < -0.3 is 15.5 Å². The number of nitrogens with zero attached hydrogens (tertiary/aromatic N) is 1. The van der Waals surface area contributed by atoms with Gasteiger partial charge in [-0.05, 0) is 36.1 Å². The predicted molar refractivity (Wildman–Crippen MR) is 109 cm³/mol. The second-order valence-corrected chi connectivity index (χ2v) is 9.00. The van der Waals surface area contributed by atoms with Crippen molar-refractivity contribution >= 4 is 27.2 Å². The summed E-state index contributed by atoms with van der Waals surface area (Å²) in [5.41, 5.74) is 3.31. The molecular weight excluding hydrogens is 362 g/mol. The van der Waals surface area contributed by atoms with Crippen molar-refractivity contribution in [2.45, 2.75) is 25.1 Å². The number of urea groups is 1. The average molecular weight is 388 g/mol. The van der Waals surface area contributed by atoms with E-state index in [0.29, 0.717) is 5.56 Å². The van der Waals surface area contributed by atoms with E-state index in [0.717, 1.165) is 42.9 Å². The Balaban J connectivity index is 1.65. The average Bonchev–Trinajstić information content (AvgIpc) is 3.14. The Kier molecular flexibility index (Phi) is 6.01. The molecule has 2 amide bonds. The Bertz CT molecular complexity index is 906. The number of nitrogens with one attached hydrogen (secondary N) is 2. The van der Waals surface area contributed by atoms with Gasteiger partial charge in [-0.15, -0.1) is 0 Å². The lowest BCUT2D eigenvalue weighted by atomic mass is 10.1. The molecule has 7 heteroatoms. The van der Waals surface area contributed by atoms with Crippen molar-refractivity contribution in [2.24, 2.45) is 0 Å². The van der Waals surface area contributed by atoms with Crippen LogP contribution in [-0.4, -0.2) is 33.8 Å². The summed E-state index contributed by atoms with van der Waals surface area (Å²) >= 11 is 0. The van der Waals surface area contributed by atoms with Crippen LogP contribution in [0.25, 0.3) is 0 Å². The van der Waals surface area contributed by atoms with E-state index in [9.17, 15) is 13.2 Å². The van der Waals surface area contributed by atoms with Crippen LogP contribution in [0.2, 0.25) is 0 Å². The molecule has 0 bridgehead atoms. The summed E-state index contributed by atoms with van der Waals surface area (Å²) in [5, 5.41) is 5.74. The lowest BCUT2D eigenvalue weighted by molar-refractivity contribution is 0.251. The van der Waals surface area contributed by atoms with Crippen LogP contribution in [0.3, 0.4) is 0 Å². The Morgan fingerprint density at radius 3 is 2.33 bits per heavy atom. The Morgan fingerprint density at radius 2 is 1.63 bits per heavy atom. The maximum Gasteiger partial charge on any atom is 0.319 e. The highest BCUT2D eigenvalue weighted by molar-refractivity contribution is 7.89. The van der Waals surface area contributed by atoms with Gasteiger partial charge in [0, 0.05) is 25.9 Å². The second-order valence-electron chi connectivity index (χ2n) is 6.86. The first-order chi connectivity index (χ1) is 12.9. The van der Waals surface area contributed by atoms with E-state index in [1.807, 2.05) is 36.4 Å². The number of anilines is 2. The SMILES string of the molecule is CS(=O)(=O)Cc1ccccc1CNC(=O)Nc1ccccc1N1CCCC1. The van der Waals surface area contributed by atoms with Crippen molar-refractivity contribution in [3.05, 3.63) is 59.7 Å². The number of para-hydroxylation sites is 2. The third-order valence-electron chi connectivity index (χ3n) is 4.57. The maximum atomic E-state index is 12.4. The fourth-order valence-electron chi connectivity index (χ4n) is 3.31. The van der Waals surface area contributed by atoms with Crippen LogP contribution < -0.4 is 15.5 Å². The number of hydrogen-bond acceptors (Lipinski definition) is 4. The fourth-order valence-corrected chi connectivity index (χ4v) is 4.15. The zero-order valence-electron chi connectivity index (χ0n) is 15.4. The summed E-state index contributed by atoms with van der Waals surface area (Å²) in [6.07, 6.45) is 3.54. The first kappa shape index (κ1) is 19.2. The van der Waals surface area contributed by atoms with Crippen molar-refractivity contribution in [3.8, 4) is 0 Å². The van der Waals surface area contributed by atoms with Crippen LogP contribution in [-0.2, 0) is 22.1 Å². The molecule has 1 aliphatic heterocycles. The number of carbonyl (C=O) groups excluding carboxylic acids is 1. The molecule has 144 valence electrons. The van der Waals surface area contributed by atoms with E-state index in [2.05, 4.69) is 15.5 Å². The molecule has 1 aliphatic rings. The molecule has 1 fully saturated rings. The Morgan fingerprint density at radius 1 is 1.00 bits per heavy atom. The number of sulfone groups is 1. The summed E-state index contributed by atoms with van der Waals surface area (Å²) in [5.74, 6) is -0.0374. The molecule has 6 nitrogen and oxygen atoms in total. The summed E-state index contributed by atoms with van der Waals surface area (Å²) in [6.45, 7) is 2.27. The third kappa shape index (κ3) is 5.47. The van der Waals surface area contributed by atoms with E-state index < -0.39 is 9.84 Å². The van der Waals surface area contributed by atoms with E-state index in [4.69, 9.17) is 0 Å². The first-order valence-corrected chi connectivity index (χ1v) is 11.1. The van der Waals surface area contributed by atoms with Crippen LogP contribution in [0.5, 0.6) is 0 Å². The molecular formula is C20H25N3O3S. The number of hydrogen-bond donors (Lipinski definition) is 2. The van der Waals surface area contributed by atoms with Crippen molar-refractivity contribution in [3.63, 3.8) is 0 Å². The van der Waals surface area contributed by atoms with Crippen LogP contribution in [0.1, 0.15) is 24.0 Å². The van der Waals surface area contributed by atoms with Crippen molar-refractivity contribution < 1.29 is 13.2 Å². The summed E-state index contributed by atoms with van der Waals surface area (Å²) < 4.78 is 23.2. The zero-order valence-corrected chi connectivity index (χ0v) is 16.3. The minimum absolute atomic E-state index is 0.0374. The molecule has 3 rings (SSSR count). The largest absolute Gasteiger partial charge is 0.370 e. The normalized spacial score (nSPS) is 14.2. The van der Waals surface area contributed by atoms with Crippen molar-refractivity contribution in [1.29, 1.82) is 0 Å². The van der Waals surface area contributed by atoms with Gasteiger partial charge in [-0.2, -0.15) is 0 Å². The molecule has 27 heavy (non-hydrogen) atoms. The summed E-state index contributed by atoms with van der Waals surface area (Å²) in [7, 11) is -3.14. The monoisotopic (exact) mass is 387 g/mol. The fraction of sp³-hybridized carbons (Fsp3) is 0.350. The van der Waals surface area contributed by atoms with E-state index in [1.165, 1.54) is 6.26 Å². The van der Waals surface area contributed by atoms with Gasteiger partial charge >= 0.3 is 6.03 Å². The van der Waals surface area contributed by atoms with Gasteiger partial charge in [0.2, 0.25) is 0 Å². The standard InChI is InChI=1S/C20H25N3O3S/c1-27(25,26)15-17-9-3-2-8-16(17)14-21-20(24)22-18-10-4-5-11-19(18)23-12-6-7-13-23/h2-5,8-11H,6-7,12-15H2,1H3,(H2,21,22,24). The van der Waals surface area contributed by atoms with Gasteiger partial charge in [0.05, 0.1) is 17.1 Å². The van der Waals surface area contributed by atoms with Gasteiger partial charge in [-0.25, -0.2) is 13.2 Å². The van der Waals surface area contributed by atoms with Gasteiger partial charge in [-0.3, -0.25) is 0 Å². The quantitative estimate of drug-likeness (QED) is 0.798. The third-order valence-corrected chi connectivity index (χ3v) is 5.41. The molecule has 0 spiro atoms. The topological polar surface area (TPSA) is 78.5 Å². The lowest BCUT2D eigenvalue weighted by Crippen LogP contribution is -2.30. The summed E-state index contributed by atoms with van der Waals surface area (Å²) in [6, 6.07) is 14.7. The molecule has 0 aliphatic carbocycles. The highest BCUT2D eigenvalue weighted by atomic mass is 32.2. The number of benzene rings is 2. The Hall–Kier alpha value is -2.54. The van der Waals surface area contributed by atoms with Gasteiger partial charge in [0.15, 0.2) is 9.84 Å². The minimum atomic E-state index is -3.14. The number of rotatable bonds is 6. The number of amides is 2. The zero-order chi connectivity index (χ0) is 19.3. The molecule has 2 N–H and O–H groups in total. The smallest absolute Gasteiger partial charge is 0.319 e. The highest BCUT2D eigenvalue weighted by Crippen LogP contribution is 2.28. The molecule has 0 radical (unpaired) electrons. The molecule has 2 aromatic rings. The van der Waals surface area contributed by atoms with E-state index in [-0.39, 0.29) is 18.3 Å². The van der Waals surface area contributed by atoms with E-state index in [1.54, 1.807) is 12.1 Å². The summed E-state index contributed by atoms with van der Waals surface area (Å²) in [4.78, 5) is 14.7. The van der Waals surface area contributed by atoms with E-state index >= 15 is 0 Å². The molecule has 0 aromatic heterocycles. The lowest BCUT2D eigenvalue weighted by Gasteiger charge is -2.21. The molecule has 2 aromatic carbocycles. The molecule has 0 saturated carbocycles. The van der Waals surface area contributed by atoms with Gasteiger partial charge in [0.25, 0.3) is 0 Å². The first-order valence-electron chi connectivity index (χ1n) is 9.06. The van der Waals surface area contributed by atoms with Crippen LogP contribution in [0.4, 0.5) is 16.2 Å². The van der Waals surface area contributed by atoms with Crippen molar-refractivity contribution in [1.82, 2.24) is 5.32 Å². The maximum absolute atomic E-state index is 12.4. The molecule has 1 saturated heterocycles. The van der Waals surface area contributed by atoms with Gasteiger partial charge in [-0.1, -0.05) is 36.4 Å². The van der Waals surface area contributed by atoms with Gasteiger partial charge in [0.1, 0.15) is 0 Å². The van der Waals surface area contributed by atoms with Crippen LogP contribution in [0.15, 0.2) is 48.5 Å². The second kappa shape index (κ2) is 8.43. The molecule has 0 atom stereocenters. The van der Waals surface area contributed by atoms with Crippen molar-refractivity contribution in [2.75, 3.05) is 29.6 Å². The molecule has 0 unspecified atom stereocenters.